The van der Waals surface area contributed by atoms with E-state index >= 15 is 0 Å². The average Bonchev–Trinajstić information content (AvgIpc) is 2.58. The van der Waals surface area contributed by atoms with Crippen LogP contribution in [0.5, 0.6) is 11.6 Å². The molecule has 2 aromatic rings. The van der Waals surface area contributed by atoms with Gasteiger partial charge in [-0.1, -0.05) is 0 Å². The zero-order valence-corrected chi connectivity index (χ0v) is 13.7. The predicted molar refractivity (Wildman–Crippen MR) is 84.4 cm³/mol. The molecular formula is C15H16N2O6S. The molecule has 2 rings (SSSR count). The molecule has 0 unspecified atom stereocenters. The highest BCUT2D eigenvalue weighted by atomic mass is 32.2. The molecule has 0 aliphatic heterocycles. The van der Waals surface area contributed by atoms with Crippen LogP contribution in [0.2, 0.25) is 0 Å². The lowest BCUT2D eigenvalue weighted by Crippen LogP contribution is -2.13. The van der Waals surface area contributed by atoms with Crippen LogP contribution in [0, 0.1) is 0 Å². The Hall–Kier alpha value is -2.65. The van der Waals surface area contributed by atoms with Crippen LogP contribution in [-0.4, -0.2) is 39.7 Å². The number of pyridine rings is 1. The summed E-state index contributed by atoms with van der Waals surface area (Å²) in [4.78, 5) is 15.7. The van der Waals surface area contributed by atoms with Gasteiger partial charge in [0.2, 0.25) is 15.9 Å². The van der Waals surface area contributed by atoms with Gasteiger partial charge in [0.25, 0.3) is 0 Å². The van der Waals surface area contributed by atoms with Gasteiger partial charge in [-0.25, -0.2) is 23.3 Å². The van der Waals surface area contributed by atoms with E-state index in [1.54, 1.807) is 12.1 Å². The first-order valence-corrected chi connectivity index (χ1v) is 8.37. The highest BCUT2D eigenvalue weighted by Crippen LogP contribution is 2.14. The fourth-order valence-corrected chi connectivity index (χ4v) is 2.24. The van der Waals surface area contributed by atoms with Crippen molar-refractivity contribution in [1.29, 1.82) is 0 Å². The van der Waals surface area contributed by atoms with Crippen molar-refractivity contribution >= 4 is 16.0 Å². The van der Waals surface area contributed by atoms with E-state index in [1.165, 1.54) is 37.6 Å². The summed E-state index contributed by atoms with van der Waals surface area (Å²) >= 11 is 0. The maximum absolute atomic E-state index is 11.8. The van der Waals surface area contributed by atoms with Gasteiger partial charge in [-0.15, -0.1) is 0 Å². The molecule has 0 radical (unpaired) electrons. The van der Waals surface area contributed by atoms with Crippen LogP contribution in [-0.2, 0) is 14.8 Å². The van der Waals surface area contributed by atoms with Crippen molar-refractivity contribution < 1.29 is 27.4 Å². The van der Waals surface area contributed by atoms with Crippen molar-refractivity contribution in [2.45, 2.75) is 4.90 Å². The Bertz CT molecular complexity index is 788. The number of nitrogens with zero attached hydrogens (tertiary/aromatic N) is 1. The summed E-state index contributed by atoms with van der Waals surface area (Å²) in [7, 11) is -2.25. The van der Waals surface area contributed by atoms with Crippen LogP contribution in [0.15, 0.2) is 47.5 Å². The van der Waals surface area contributed by atoms with Crippen LogP contribution in [0.25, 0.3) is 0 Å². The number of esters is 1. The molecule has 2 N–H and O–H groups in total. The SMILES string of the molecule is COc1ccc(C(=O)OCCOc2ccc(S(N)(=O)=O)cc2)cn1. The summed E-state index contributed by atoms with van der Waals surface area (Å²) in [5.74, 6) is 0.306. The Morgan fingerprint density at radius 2 is 1.83 bits per heavy atom. The Labute approximate surface area is 139 Å². The third-order valence-corrected chi connectivity index (χ3v) is 3.85. The first-order chi connectivity index (χ1) is 11.4. The first-order valence-electron chi connectivity index (χ1n) is 6.83. The number of sulfonamides is 1. The molecule has 1 heterocycles. The topological polar surface area (TPSA) is 118 Å². The summed E-state index contributed by atoms with van der Waals surface area (Å²) in [6.07, 6.45) is 1.36. The smallest absolute Gasteiger partial charge is 0.339 e. The lowest BCUT2D eigenvalue weighted by Gasteiger charge is -2.08. The van der Waals surface area contributed by atoms with Gasteiger partial charge in [-0.2, -0.15) is 0 Å². The molecule has 0 aliphatic rings. The van der Waals surface area contributed by atoms with Crippen LogP contribution in [0.1, 0.15) is 10.4 Å². The lowest BCUT2D eigenvalue weighted by atomic mass is 10.3. The van der Waals surface area contributed by atoms with E-state index in [-0.39, 0.29) is 18.1 Å². The monoisotopic (exact) mass is 352 g/mol. The average molecular weight is 352 g/mol. The highest BCUT2D eigenvalue weighted by molar-refractivity contribution is 7.89. The second-order valence-corrected chi connectivity index (χ2v) is 6.15. The molecule has 0 bridgehead atoms. The molecule has 0 atom stereocenters. The second kappa shape index (κ2) is 7.75. The molecule has 0 saturated heterocycles. The normalized spacial score (nSPS) is 10.9. The Morgan fingerprint density at radius 3 is 2.38 bits per heavy atom. The third kappa shape index (κ3) is 4.93. The van der Waals surface area contributed by atoms with E-state index in [0.717, 1.165) is 0 Å². The lowest BCUT2D eigenvalue weighted by molar-refractivity contribution is 0.0450. The minimum Gasteiger partial charge on any atom is -0.490 e. The van der Waals surface area contributed by atoms with E-state index in [2.05, 4.69) is 4.98 Å². The van der Waals surface area contributed by atoms with E-state index in [1.807, 2.05) is 0 Å². The minimum absolute atomic E-state index is 0.00622. The van der Waals surface area contributed by atoms with E-state index in [0.29, 0.717) is 17.2 Å². The molecule has 0 spiro atoms. The number of methoxy groups -OCH3 is 1. The molecule has 1 aromatic heterocycles. The highest BCUT2D eigenvalue weighted by Gasteiger charge is 2.09. The maximum atomic E-state index is 11.8. The van der Waals surface area contributed by atoms with Gasteiger partial charge in [0.15, 0.2) is 0 Å². The number of rotatable bonds is 7. The number of carbonyl (C=O) groups is 1. The summed E-state index contributed by atoms with van der Waals surface area (Å²) in [6.45, 7) is 0.145. The molecule has 0 fully saturated rings. The number of aromatic nitrogens is 1. The molecular weight excluding hydrogens is 336 g/mol. The minimum atomic E-state index is -3.73. The van der Waals surface area contributed by atoms with E-state index in [9.17, 15) is 13.2 Å². The summed E-state index contributed by atoms with van der Waals surface area (Å²) < 4.78 is 37.5. The summed E-state index contributed by atoms with van der Waals surface area (Å²) in [6, 6.07) is 8.70. The van der Waals surface area contributed by atoms with Crippen LogP contribution >= 0.6 is 0 Å². The standard InChI is InChI=1S/C15H16N2O6S/c1-21-14-7-2-11(10-17-14)15(18)23-9-8-22-12-3-5-13(6-4-12)24(16,19)20/h2-7,10H,8-9H2,1H3,(H2,16,19,20). The maximum Gasteiger partial charge on any atom is 0.339 e. The Kier molecular flexibility index (Phi) is 5.72. The van der Waals surface area contributed by atoms with Crippen LogP contribution < -0.4 is 14.6 Å². The number of benzene rings is 1. The molecule has 0 saturated carbocycles. The molecule has 24 heavy (non-hydrogen) atoms. The molecule has 8 nitrogen and oxygen atoms in total. The zero-order chi connectivity index (χ0) is 17.6. The van der Waals surface area contributed by atoms with Gasteiger partial charge in [-0.3, -0.25) is 0 Å². The summed E-state index contributed by atoms with van der Waals surface area (Å²) in [5, 5.41) is 5.00. The molecule has 0 amide bonds. The molecule has 9 heteroatoms. The van der Waals surface area contributed by atoms with Crippen molar-refractivity contribution in [3.63, 3.8) is 0 Å². The van der Waals surface area contributed by atoms with Crippen molar-refractivity contribution in [2.75, 3.05) is 20.3 Å². The van der Waals surface area contributed by atoms with Crippen molar-refractivity contribution in [1.82, 2.24) is 4.98 Å². The largest absolute Gasteiger partial charge is 0.490 e. The first kappa shape index (κ1) is 17.7. The Balaban J connectivity index is 1.78. The van der Waals surface area contributed by atoms with Gasteiger partial charge in [0, 0.05) is 12.3 Å². The van der Waals surface area contributed by atoms with Gasteiger partial charge >= 0.3 is 5.97 Å². The Morgan fingerprint density at radius 1 is 1.12 bits per heavy atom. The fraction of sp³-hybridized carbons (Fsp3) is 0.200. The molecule has 1 aromatic carbocycles. The quantitative estimate of drug-likeness (QED) is 0.583. The number of carbonyl (C=O) groups excluding carboxylic acids is 1. The summed E-state index contributed by atoms with van der Waals surface area (Å²) in [5.41, 5.74) is 0.299. The second-order valence-electron chi connectivity index (χ2n) is 4.59. The van der Waals surface area contributed by atoms with Gasteiger partial charge in [-0.05, 0) is 30.3 Å². The van der Waals surface area contributed by atoms with Gasteiger partial charge in [0.05, 0.1) is 17.6 Å². The van der Waals surface area contributed by atoms with Crippen LogP contribution in [0.4, 0.5) is 0 Å². The van der Waals surface area contributed by atoms with Crippen molar-refractivity contribution in [3.05, 3.63) is 48.2 Å². The van der Waals surface area contributed by atoms with Gasteiger partial charge < -0.3 is 14.2 Å². The number of hydrogen-bond acceptors (Lipinski definition) is 7. The third-order valence-electron chi connectivity index (χ3n) is 2.92. The molecule has 0 aliphatic carbocycles. The number of nitrogens with two attached hydrogens (primary N) is 1. The van der Waals surface area contributed by atoms with E-state index in [4.69, 9.17) is 19.3 Å². The fourth-order valence-electron chi connectivity index (χ4n) is 1.72. The van der Waals surface area contributed by atoms with Gasteiger partial charge in [0.1, 0.15) is 19.0 Å². The predicted octanol–water partition coefficient (Wildman–Crippen LogP) is 0.973. The van der Waals surface area contributed by atoms with Crippen molar-refractivity contribution in [2.24, 2.45) is 5.14 Å². The van der Waals surface area contributed by atoms with Crippen LogP contribution in [0.3, 0.4) is 0 Å². The molecule has 128 valence electrons. The number of hydrogen-bond donors (Lipinski definition) is 1. The zero-order valence-electron chi connectivity index (χ0n) is 12.8. The van der Waals surface area contributed by atoms with E-state index < -0.39 is 16.0 Å². The van der Waals surface area contributed by atoms with Crippen molar-refractivity contribution in [3.8, 4) is 11.6 Å². The number of ether oxygens (including phenoxy) is 3. The number of primary sulfonamides is 1.